The predicted molar refractivity (Wildman–Crippen MR) is 72.8 cm³/mol. The first kappa shape index (κ1) is 14.9. The van der Waals surface area contributed by atoms with Crippen LogP contribution in [0.3, 0.4) is 0 Å². The van der Waals surface area contributed by atoms with E-state index >= 15 is 0 Å². The maximum absolute atomic E-state index is 6.07. The minimum absolute atomic E-state index is 0.00802. The fourth-order valence-electron chi connectivity index (χ4n) is 1.49. The summed E-state index contributed by atoms with van der Waals surface area (Å²) in [4.78, 5) is 1.08. The highest BCUT2D eigenvalue weighted by Gasteiger charge is 2.20. The average Bonchev–Trinajstić information content (AvgIpc) is 2.75. The second-order valence-corrected chi connectivity index (χ2v) is 5.45. The van der Waals surface area contributed by atoms with Gasteiger partial charge in [-0.3, -0.25) is 0 Å². The van der Waals surface area contributed by atoms with E-state index in [1.165, 1.54) is 11.3 Å². The Bertz CT molecular complexity index is 319. The molecule has 2 atom stereocenters. The standard InChI is InChI=1S/C12H20ClNO2S/c1-3-9(14)12(16-8-7-15-4-2)10-5-6-11(13)17-10/h5-6,9,12H,3-4,7-8,14H2,1-2H3. The Kier molecular flexibility index (Phi) is 7.08. The molecule has 2 unspecified atom stereocenters. The lowest BCUT2D eigenvalue weighted by Crippen LogP contribution is -2.29. The fraction of sp³-hybridized carbons (Fsp3) is 0.667. The smallest absolute Gasteiger partial charge is 0.107 e. The zero-order valence-corrected chi connectivity index (χ0v) is 11.9. The van der Waals surface area contributed by atoms with Gasteiger partial charge in [-0.1, -0.05) is 18.5 Å². The molecule has 17 heavy (non-hydrogen) atoms. The first-order valence-electron chi connectivity index (χ1n) is 5.89. The topological polar surface area (TPSA) is 44.5 Å². The van der Waals surface area contributed by atoms with Gasteiger partial charge in [-0.05, 0) is 25.5 Å². The van der Waals surface area contributed by atoms with Crippen LogP contribution in [-0.2, 0) is 9.47 Å². The highest BCUT2D eigenvalue weighted by molar-refractivity contribution is 7.16. The second kappa shape index (κ2) is 8.06. The number of thiophene rings is 1. The number of hydrogen-bond donors (Lipinski definition) is 1. The van der Waals surface area contributed by atoms with Crippen LogP contribution in [-0.4, -0.2) is 25.9 Å². The highest BCUT2D eigenvalue weighted by Crippen LogP contribution is 2.31. The SMILES string of the molecule is CCOCCOC(c1ccc(Cl)s1)C(N)CC. The van der Waals surface area contributed by atoms with E-state index in [1.807, 2.05) is 19.1 Å². The molecule has 0 aliphatic heterocycles. The van der Waals surface area contributed by atoms with E-state index in [4.69, 9.17) is 26.8 Å². The highest BCUT2D eigenvalue weighted by atomic mass is 35.5. The molecule has 1 rings (SSSR count). The number of rotatable bonds is 8. The van der Waals surface area contributed by atoms with Crippen molar-refractivity contribution in [1.29, 1.82) is 0 Å². The quantitative estimate of drug-likeness (QED) is 0.742. The molecule has 1 heterocycles. The van der Waals surface area contributed by atoms with Crippen LogP contribution in [0.4, 0.5) is 0 Å². The molecule has 3 nitrogen and oxygen atoms in total. The summed E-state index contributed by atoms with van der Waals surface area (Å²) < 4.78 is 11.8. The van der Waals surface area contributed by atoms with Crippen molar-refractivity contribution in [2.24, 2.45) is 5.73 Å². The van der Waals surface area contributed by atoms with E-state index in [-0.39, 0.29) is 12.1 Å². The summed E-state index contributed by atoms with van der Waals surface area (Å²) in [7, 11) is 0. The van der Waals surface area contributed by atoms with Gasteiger partial charge in [-0.25, -0.2) is 0 Å². The molecule has 0 fully saturated rings. The van der Waals surface area contributed by atoms with Crippen LogP contribution < -0.4 is 5.73 Å². The summed E-state index contributed by atoms with van der Waals surface area (Å²) in [6.45, 7) is 5.88. The van der Waals surface area contributed by atoms with Gasteiger partial charge < -0.3 is 15.2 Å². The summed E-state index contributed by atoms with van der Waals surface area (Å²) in [5, 5.41) is 0. The Hall–Kier alpha value is -0.130. The summed E-state index contributed by atoms with van der Waals surface area (Å²) >= 11 is 7.46. The molecular formula is C12H20ClNO2S. The minimum atomic E-state index is -0.0852. The van der Waals surface area contributed by atoms with Gasteiger partial charge in [0.2, 0.25) is 0 Å². The third-order valence-electron chi connectivity index (χ3n) is 2.46. The summed E-state index contributed by atoms with van der Waals surface area (Å²) in [6.07, 6.45) is 0.785. The monoisotopic (exact) mass is 277 g/mol. The number of ether oxygens (including phenoxy) is 2. The van der Waals surface area contributed by atoms with Gasteiger partial charge in [-0.2, -0.15) is 0 Å². The zero-order valence-electron chi connectivity index (χ0n) is 10.3. The first-order chi connectivity index (χ1) is 8.19. The van der Waals surface area contributed by atoms with E-state index in [0.717, 1.165) is 15.6 Å². The number of nitrogens with two attached hydrogens (primary N) is 1. The first-order valence-corrected chi connectivity index (χ1v) is 7.08. The van der Waals surface area contributed by atoms with Gasteiger partial charge in [0.15, 0.2) is 0 Å². The second-order valence-electron chi connectivity index (χ2n) is 3.70. The van der Waals surface area contributed by atoms with Crippen LogP contribution in [0.2, 0.25) is 4.34 Å². The normalized spacial score (nSPS) is 14.8. The molecule has 1 aromatic heterocycles. The van der Waals surface area contributed by atoms with Gasteiger partial charge in [0, 0.05) is 17.5 Å². The van der Waals surface area contributed by atoms with Crippen molar-refractivity contribution < 1.29 is 9.47 Å². The molecule has 0 aliphatic rings. The third-order valence-corrected chi connectivity index (χ3v) is 3.76. The Labute approximate surface area is 112 Å². The van der Waals surface area contributed by atoms with E-state index in [0.29, 0.717) is 19.8 Å². The van der Waals surface area contributed by atoms with Crippen molar-refractivity contribution >= 4 is 22.9 Å². The van der Waals surface area contributed by atoms with Crippen LogP contribution in [0.5, 0.6) is 0 Å². The zero-order chi connectivity index (χ0) is 12.7. The summed E-state index contributed by atoms with van der Waals surface area (Å²) in [6, 6.07) is 3.85. The largest absolute Gasteiger partial charge is 0.379 e. The van der Waals surface area contributed by atoms with Crippen LogP contribution in [0.25, 0.3) is 0 Å². The Balaban J connectivity index is 2.55. The molecule has 0 saturated heterocycles. The van der Waals surface area contributed by atoms with Crippen molar-refractivity contribution in [2.75, 3.05) is 19.8 Å². The Morgan fingerprint density at radius 1 is 1.35 bits per heavy atom. The molecule has 2 N–H and O–H groups in total. The van der Waals surface area contributed by atoms with Gasteiger partial charge in [0.25, 0.3) is 0 Å². The van der Waals surface area contributed by atoms with Gasteiger partial charge in [-0.15, -0.1) is 11.3 Å². The summed E-state index contributed by atoms with van der Waals surface area (Å²) in [5.41, 5.74) is 6.07. The van der Waals surface area contributed by atoms with Crippen molar-refractivity contribution in [3.63, 3.8) is 0 Å². The maximum atomic E-state index is 6.07. The number of hydrogen-bond acceptors (Lipinski definition) is 4. The Morgan fingerprint density at radius 2 is 2.12 bits per heavy atom. The van der Waals surface area contributed by atoms with Crippen molar-refractivity contribution in [2.45, 2.75) is 32.4 Å². The average molecular weight is 278 g/mol. The molecule has 0 amide bonds. The van der Waals surface area contributed by atoms with E-state index in [2.05, 4.69) is 6.92 Å². The van der Waals surface area contributed by atoms with Crippen LogP contribution in [0.1, 0.15) is 31.2 Å². The lowest BCUT2D eigenvalue weighted by atomic mass is 10.1. The van der Waals surface area contributed by atoms with Crippen LogP contribution >= 0.6 is 22.9 Å². The molecule has 0 spiro atoms. The molecule has 98 valence electrons. The lowest BCUT2D eigenvalue weighted by Gasteiger charge is -2.22. The lowest BCUT2D eigenvalue weighted by molar-refractivity contribution is -0.00385. The molecule has 0 saturated carbocycles. The van der Waals surface area contributed by atoms with E-state index < -0.39 is 0 Å². The molecule has 1 aromatic rings. The van der Waals surface area contributed by atoms with Gasteiger partial charge >= 0.3 is 0 Å². The molecule has 0 radical (unpaired) electrons. The number of halogens is 1. The Morgan fingerprint density at radius 3 is 2.65 bits per heavy atom. The third kappa shape index (κ3) is 4.94. The molecule has 0 aliphatic carbocycles. The molecule has 0 aromatic carbocycles. The van der Waals surface area contributed by atoms with Crippen LogP contribution in [0, 0.1) is 0 Å². The van der Waals surface area contributed by atoms with E-state index in [1.54, 1.807) is 0 Å². The van der Waals surface area contributed by atoms with Gasteiger partial charge in [0.1, 0.15) is 6.10 Å². The van der Waals surface area contributed by atoms with Crippen molar-refractivity contribution in [3.8, 4) is 0 Å². The maximum Gasteiger partial charge on any atom is 0.107 e. The van der Waals surface area contributed by atoms with Gasteiger partial charge in [0.05, 0.1) is 17.6 Å². The molecule has 0 bridgehead atoms. The molecule has 5 heteroatoms. The minimum Gasteiger partial charge on any atom is -0.379 e. The summed E-state index contributed by atoms with van der Waals surface area (Å²) in [5.74, 6) is 0. The molecular weight excluding hydrogens is 258 g/mol. The van der Waals surface area contributed by atoms with E-state index in [9.17, 15) is 0 Å². The fourth-order valence-corrected chi connectivity index (χ4v) is 2.68. The predicted octanol–water partition coefficient (Wildman–Crippen LogP) is 3.23. The van der Waals surface area contributed by atoms with Crippen molar-refractivity contribution in [1.82, 2.24) is 0 Å². The van der Waals surface area contributed by atoms with Crippen molar-refractivity contribution in [3.05, 3.63) is 21.3 Å². The van der Waals surface area contributed by atoms with Crippen LogP contribution in [0.15, 0.2) is 12.1 Å².